The lowest BCUT2D eigenvalue weighted by molar-refractivity contribution is 0.190. The van der Waals surface area contributed by atoms with Crippen molar-refractivity contribution < 1.29 is 4.52 Å². The summed E-state index contributed by atoms with van der Waals surface area (Å²) in [5.74, 6) is 2.01. The molecule has 0 aliphatic heterocycles. The van der Waals surface area contributed by atoms with Crippen LogP contribution < -0.4 is 5.73 Å². The maximum Gasteiger partial charge on any atom is 0.246 e. The van der Waals surface area contributed by atoms with Gasteiger partial charge < -0.3 is 10.3 Å². The molecule has 0 atom stereocenters. The summed E-state index contributed by atoms with van der Waals surface area (Å²) in [5.41, 5.74) is 7.00. The topological polar surface area (TPSA) is 77.8 Å². The number of hydrogen-bond donors (Lipinski definition) is 1. The molecule has 2 aromatic rings. The van der Waals surface area contributed by atoms with Crippen molar-refractivity contribution in [2.75, 3.05) is 0 Å². The molecule has 2 aromatic heterocycles. The summed E-state index contributed by atoms with van der Waals surface area (Å²) in [4.78, 5) is 8.92. The molecule has 0 radical (unpaired) electrons. The lowest BCUT2D eigenvalue weighted by Gasteiger charge is -2.32. The fraction of sp³-hybridized carbons (Fsp3) is 0.643. The zero-order valence-corrected chi connectivity index (χ0v) is 12.7. The largest absolute Gasteiger partial charge is 0.337 e. The monoisotopic (exact) mass is 292 g/mol. The molecule has 6 heteroatoms. The van der Waals surface area contributed by atoms with Gasteiger partial charge in [0, 0.05) is 5.38 Å². The maximum atomic E-state index is 6.44. The summed E-state index contributed by atoms with van der Waals surface area (Å²) >= 11 is 1.64. The third kappa shape index (κ3) is 2.76. The van der Waals surface area contributed by atoms with Gasteiger partial charge in [0.1, 0.15) is 0 Å². The van der Waals surface area contributed by atoms with E-state index in [1.54, 1.807) is 11.3 Å². The number of rotatable bonds is 3. The summed E-state index contributed by atoms with van der Waals surface area (Å²) in [7, 11) is 0. The van der Waals surface area contributed by atoms with Crippen LogP contribution in [0.25, 0.3) is 0 Å². The van der Waals surface area contributed by atoms with Gasteiger partial charge in [-0.3, -0.25) is 0 Å². The van der Waals surface area contributed by atoms with E-state index < -0.39 is 5.54 Å². The van der Waals surface area contributed by atoms with Crippen LogP contribution in [0.15, 0.2) is 9.90 Å². The Hall–Kier alpha value is -1.27. The highest BCUT2D eigenvalue weighted by molar-refractivity contribution is 7.09. The molecule has 3 rings (SSSR count). The molecule has 1 aliphatic rings. The van der Waals surface area contributed by atoms with Crippen LogP contribution >= 0.6 is 11.3 Å². The molecule has 1 fully saturated rings. The molecule has 0 bridgehead atoms. The second kappa shape index (κ2) is 5.26. The minimum atomic E-state index is -0.435. The van der Waals surface area contributed by atoms with Gasteiger partial charge in [-0.25, -0.2) is 4.98 Å². The average Bonchev–Trinajstić information content (AvgIpc) is 3.04. The number of thiazole rings is 1. The molecule has 0 unspecified atom stereocenters. The Bertz CT molecular complexity index is 584. The molecule has 0 spiro atoms. The first-order valence-corrected chi connectivity index (χ1v) is 7.96. The molecule has 0 aromatic carbocycles. The van der Waals surface area contributed by atoms with Crippen molar-refractivity contribution in [3.05, 3.63) is 27.8 Å². The van der Waals surface area contributed by atoms with Crippen LogP contribution in [0.3, 0.4) is 0 Å². The van der Waals surface area contributed by atoms with Crippen molar-refractivity contribution in [2.24, 2.45) is 11.7 Å². The Balaban J connectivity index is 1.73. The second-order valence-electron chi connectivity index (χ2n) is 5.89. The first kappa shape index (κ1) is 13.7. The van der Waals surface area contributed by atoms with Crippen LogP contribution in [-0.4, -0.2) is 15.1 Å². The van der Waals surface area contributed by atoms with Crippen LogP contribution in [0.4, 0.5) is 0 Å². The van der Waals surface area contributed by atoms with Crippen molar-refractivity contribution in [3.63, 3.8) is 0 Å². The fourth-order valence-electron chi connectivity index (χ4n) is 2.67. The standard InChI is InChI=1S/C14H20N4OS/c1-9-3-5-14(15,6-4-9)13-17-12(18-19-13)7-11-8-20-10(2)16-11/h8-9H,3-7,15H2,1-2H3. The van der Waals surface area contributed by atoms with Crippen LogP contribution in [-0.2, 0) is 12.0 Å². The summed E-state index contributed by atoms with van der Waals surface area (Å²) in [5, 5.41) is 7.15. The Morgan fingerprint density at radius 2 is 2.15 bits per heavy atom. The van der Waals surface area contributed by atoms with Gasteiger partial charge in [-0.1, -0.05) is 12.1 Å². The molecular formula is C14H20N4OS. The number of aryl methyl sites for hydroxylation is 1. The van der Waals surface area contributed by atoms with Crippen LogP contribution in [0.1, 0.15) is 55.0 Å². The highest BCUT2D eigenvalue weighted by Crippen LogP contribution is 2.36. The van der Waals surface area contributed by atoms with Gasteiger partial charge in [-0.05, 0) is 38.5 Å². The highest BCUT2D eigenvalue weighted by Gasteiger charge is 2.37. The Morgan fingerprint density at radius 3 is 2.80 bits per heavy atom. The van der Waals surface area contributed by atoms with Gasteiger partial charge in [-0.2, -0.15) is 4.98 Å². The number of aromatic nitrogens is 3. The molecule has 1 saturated carbocycles. The summed E-state index contributed by atoms with van der Waals surface area (Å²) in [6.45, 7) is 4.26. The summed E-state index contributed by atoms with van der Waals surface area (Å²) in [6.07, 6.45) is 4.70. The van der Waals surface area contributed by atoms with E-state index in [9.17, 15) is 0 Å². The maximum absolute atomic E-state index is 6.44. The second-order valence-corrected chi connectivity index (χ2v) is 6.95. The lowest BCUT2D eigenvalue weighted by Crippen LogP contribution is -2.40. The molecule has 0 amide bonds. The Kier molecular flexibility index (Phi) is 3.60. The first-order valence-electron chi connectivity index (χ1n) is 7.08. The van der Waals surface area contributed by atoms with Crippen molar-refractivity contribution in [1.82, 2.24) is 15.1 Å². The number of nitrogens with two attached hydrogens (primary N) is 1. The van der Waals surface area contributed by atoms with E-state index >= 15 is 0 Å². The smallest absolute Gasteiger partial charge is 0.246 e. The fourth-order valence-corrected chi connectivity index (χ4v) is 3.28. The average molecular weight is 292 g/mol. The Labute approximate surface area is 122 Å². The molecule has 2 heterocycles. The SMILES string of the molecule is Cc1nc(Cc2noc(C3(N)CCC(C)CC3)n2)cs1. The normalized spacial score (nSPS) is 26.9. The third-order valence-electron chi connectivity index (χ3n) is 4.07. The van der Waals surface area contributed by atoms with Gasteiger partial charge in [0.15, 0.2) is 5.82 Å². The Morgan fingerprint density at radius 1 is 1.40 bits per heavy atom. The summed E-state index contributed by atoms with van der Waals surface area (Å²) in [6, 6.07) is 0. The van der Waals surface area contributed by atoms with Gasteiger partial charge >= 0.3 is 0 Å². The molecule has 20 heavy (non-hydrogen) atoms. The predicted octanol–water partition coefficient (Wildman–Crippen LogP) is 2.79. The zero-order valence-electron chi connectivity index (χ0n) is 11.9. The van der Waals surface area contributed by atoms with E-state index in [1.807, 2.05) is 12.3 Å². The van der Waals surface area contributed by atoms with Crippen molar-refractivity contribution >= 4 is 11.3 Å². The number of hydrogen-bond acceptors (Lipinski definition) is 6. The van der Waals surface area contributed by atoms with Gasteiger partial charge in [0.25, 0.3) is 0 Å². The molecule has 2 N–H and O–H groups in total. The highest BCUT2D eigenvalue weighted by atomic mass is 32.1. The zero-order chi connectivity index (χ0) is 14.2. The molecule has 108 valence electrons. The van der Waals surface area contributed by atoms with E-state index in [0.717, 1.165) is 42.3 Å². The third-order valence-corrected chi connectivity index (χ3v) is 4.89. The quantitative estimate of drug-likeness (QED) is 0.941. The van der Waals surface area contributed by atoms with E-state index in [1.165, 1.54) is 0 Å². The molecule has 1 aliphatic carbocycles. The van der Waals surface area contributed by atoms with Crippen LogP contribution in [0, 0.1) is 12.8 Å². The van der Waals surface area contributed by atoms with Crippen LogP contribution in [0.5, 0.6) is 0 Å². The van der Waals surface area contributed by atoms with E-state index in [4.69, 9.17) is 10.3 Å². The van der Waals surface area contributed by atoms with Gasteiger partial charge in [-0.15, -0.1) is 11.3 Å². The lowest BCUT2D eigenvalue weighted by atomic mass is 9.78. The van der Waals surface area contributed by atoms with Crippen LogP contribution in [0.2, 0.25) is 0 Å². The van der Waals surface area contributed by atoms with Crippen molar-refractivity contribution in [2.45, 2.75) is 51.5 Å². The van der Waals surface area contributed by atoms with Gasteiger partial charge in [0.05, 0.1) is 22.7 Å². The van der Waals surface area contributed by atoms with Gasteiger partial charge in [0.2, 0.25) is 5.89 Å². The minimum Gasteiger partial charge on any atom is -0.337 e. The molecule has 0 saturated heterocycles. The minimum absolute atomic E-state index is 0.435. The molecule has 5 nitrogen and oxygen atoms in total. The first-order chi connectivity index (χ1) is 9.55. The van der Waals surface area contributed by atoms with E-state index in [-0.39, 0.29) is 0 Å². The number of nitrogens with zero attached hydrogens (tertiary/aromatic N) is 3. The predicted molar refractivity (Wildman–Crippen MR) is 77.5 cm³/mol. The molecular weight excluding hydrogens is 272 g/mol. The summed E-state index contributed by atoms with van der Waals surface area (Å²) < 4.78 is 5.41. The van der Waals surface area contributed by atoms with Crippen molar-refractivity contribution in [1.29, 1.82) is 0 Å². The van der Waals surface area contributed by atoms with E-state index in [2.05, 4.69) is 22.0 Å². The van der Waals surface area contributed by atoms with E-state index in [0.29, 0.717) is 18.1 Å². The van der Waals surface area contributed by atoms with Crippen molar-refractivity contribution in [3.8, 4) is 0 Å².